The fourth-order valence-corrected chi connectivity index (χ4v) is 1.73. The summed E-state index contributed by atoms with van der Waals surface area (Å²) in [7, 11) is 0. The van der Waals surface area contributed by atoms with Crippen molar-refractivity contribution >= 4 is 16.7 Å². The number of phenols is 2. The van der Waals surface area contributed by atoms with Crippen LogP contribution < -0.4 is 0 Å². The first-order chi connectivity index (χ1) is 8.71. The summed E-state index contributed by atoms with van der Waals surface area (Å²) < 4.78 is 37.6. The minimum absolute atomic E-state index is 0.0597. The van der Waals surface area contributed by atoms with Gasteiger partial charge in [0.15, 0.2) is 0 Å². The maximum atomic E-state index is 12.5. The van der Waals surface area contributed by atoms with Gasteiger partial charge in [0.05, 0.1) is 5.56 Å². The van der Waals surface area contributed by atoms with Crippen LogP contribution in [0.15, 0.2) is 24.3 Å². The fourth-order valence-electron chi connectivity index (χ4n) is 1.73. The molecule has 3 N–H and O–H groups in total. The maximum absolute atomic E-state index is 12.5. The average molecular weight is 272 g/mol. The molecule has 2 aromatic rings. The van der Waals surface area contributed by atoms with Crippen LogP contribution in [0.3, 0.4) is 0 Å². The van der Waals surface area contributed by atoms with Crippen molar-refractivity contribution in [3.05, 3.63) is 35.4 Å². The van der Waals surface area contributed by atoms with Gasteiger partial charge < -0.3 is 15.3 Å². The van der Waals surface area contributed by atoms with E-state index in [1.54, 1.807) is 0 Å². The summed E-state index contributed by atoms with van der Waals surface area (Å²) in [6, 6.07) is 3.09. The van der Waals surface area contributed by atoms with Crippen molar-refractivity contribution in [2.24, 2.45) is 0 Å². The van der Waals surface area contributed by atoms with Crippen molar-refractivity contribution in [2.45, 2.75) is 6.18 Å². The standard InChI is InChI=1S/C12H7F3O4/c13-12(14,15)5-1-2-6-7(3-5)10(17)8(11(18)19)4-9(6)16/h1-4,16-17H,(H,18,19). The Morgan fingerprint density at radius 1 is 1.05 bits per heavy atom. The molecule has 0 unspecified atom stereocenters. The van der Waals surface area contributed by atoms with Crippen LogP contribution in [0.4, 0.5) is 13.2 Å². The first-order valence-corrected chi connectivity index (χ1v) is 5.01. The summed E-state index contributed by atoms with van der Waals surface area (Å²) in [5.41, 5.74) is -1.71. The predicted molar refractivity (Wildman–Crippen MR) is 59.2 cm³/mol. The minimum Gasteiger partial charge on any atom is -0.507 e. The Morgan fingerprint density at radius 2 is 1.68 bits per heavy atom. The van der Waals surface area contributed by atoms with Crippen molar-refractivity contribution in [3.63, 3.8) is 0 Å². The summed E-state index contributed by atoms with van der Waals surface area (Å²) in [5.74, 6) is -2.88. The second kappa shape index (κ2) is 4.04. The molecule has 7 heteroatoms. The fraction of sp³-hybridized carbons (Fsp3) is 0.0833. The molecular formula is C12H7F3O4. The van der Waals surface area contributed by atoms with E-state index >= 15 is 0 Å². The van der Waals surface area contributed by atoms with Crippen LogP contribution in [0.5, 0.6) is 11.5 Å². The third kappa shape index (κ3) is 2.14. The van der Waals surface area contributed by atoms with E-state index in [0.29, 0.717) is 6.07 Å². The first-order valence-electron chi connectivity index (χ1n) is 5.01. The molecule has 0 bridgehead atoms. The van der Waals surface area contributed by atoms with Gasteiger partial charge in [-0.3, -0.25) is 0 Å². The Bertz CT molecular complexity index is 677. The highest BCUT2D eigenvalue weighted by Gasteiger charge is 2.31. The summed E-state index contributed by atoms with van der Waals surface area (Å²) in [4.78, 5) is 10.8. The zero-order chi connectivity index (χ0) is 14.4. The smallest absolute Gasteiger partial charge is 0.416 e. The van der Waals surface area contributed by atoms with Crippen molar-refractivity contribution < 1.29 is 33.3 Å². The molecule has 0 saturated carbocycles. The number of carbonyl (C=O) groups is 1. The van der Waals surface area contributed by atoms with Gasteiger partial charge in [-0.25, -0.2) is 4.79 Å². The molecule has 0 radical (unpaired) electrons. The van der Waals surface area contributed by atoms with Crippen LogP contribution in [0.2, 0.25) is 0 Å². The van der Waals surface area contributed by atoms with Crippen molar-refractivity contribution in [3.8, 4) is 11.5 Å². The molecule has 0 fully saturated rings. The van der Waals surface area contributed by atoms with Crippen LogP contribution in [0, 0.1) is 0 Å². The van der Waals surface area contributed by atoms with Crippen LogP contribution in [-0.4, -0.2) is 21.3 Å². The normalized spacial score (nSPS) is 11.7. The van der Waals surface area contributed by atoms with E-state index in [1.165, 1.54) is 0 Å². The van der Waals surface area contributed by atoms with Gasteiger partial charge in [0.2, 0.25) is 0 Å². The molecule has 4 nitrogen and oxygen atoms in total. The molecule has 0 spiro atoms. The number of halogens is 3. The van der Waals surface area contributed by atoms with Crippen LogP contribution >= 0.6 is 0 Å². The maximum Gasteiger partial charge on any atom is 0.416 e. The van der Waals surface area contributed by atoms with Crippen LogP contribution in [0.1, 0.15) is 15.9 Å². The monoisotopic (exact) mass is 272 g/mol. The summed E-state index contributed by atoms with van der Waals surface area (Å²) in [6.45, 7) is 0. The number of carboxylic acid groups (broad SMARTS) is 1. The molecule has 0 atom stereocenters. The van der Waals surface area contributed by atoms with Gasteiger partial charge in [0.25, 0.3) is 0 Å². The lowest BCUT2D eigenvalue weighted by atomic mass is 10.0. The van der Waals surface area contributed by atoms with Gasteiger partial charge in [0, 0.05) is 10.8 Å². The molecule has 0 aromatic heterocycles. The van der Waals surface area contributed by atoms with Gasteiger partial charge in [-0.2, -0.15) is 13.2 Å². The molecule has 0 aliphatic carbocycles. The van der Waals surface area contributed by atoms with Gasteiger partial charge in [-0.05, 0) is 24.3 Å². The van der Waals surface area contributed by atoms with Gasteiger partial charge in [-0.1, -0.05) is 0 Å². The quantitative estimate of drug-likeness (QED) is 0.697. The highest BCUT2D eigenvalue weighted by atomic mass is 19.4. The molecule has 0 aliphatic heterocycles. The summed E-state index contributed by atoms with van der Waals surface area (Å²) in [5, 5.41) is 27.6. The van der Waals surface area contributed by atoms with Crippen LogP contribution in [-0.2, 0) is 6.18 Å². The molecular weight excluding hydrogens is 265 g/mol. The van der Waals surface area contributed by atoms with E-state index in [-0.39, 0.29) is 10.8 Å². The number of hydrogen-bond donors (Lipinski definition) is 3. The van der Waals surface area contributed by atoms with Gasteiger partial charge in [-0.15, -0.1) is 0 Å². The highest BCUT2D eigenvalue weighted by molar-refractivity contribution is 6.03. The first kappa shape index (κ1) is 13.0. The van der Waals surface area contributed by atoms with Crippen molar-refractivity contribution in [1.29, 1.82) is 0 Å². The molecule has 2 aromatic carbocycles. The second-order valence-corrected chi connectivity index (χ2v) is 3.86. The number of phenolic OH excluding ortho intramolecular Hbond substituents is 1. The lowest BCUT2D eigenvalue weighted by molar-refractivity contribution is -0.137. The zero-order valence-corrected chi connectivity index (χ0v) is 9.19. The number of benzene rings is 2. The second-order valence-electron chi connectivity index (χ2n) is 3.86. The average Bonchev–Trinajstić information content (AvgIpc) is 2.31. The van der Waals surface area contributed by atoms with Crippen molar-refractivity contribution in [2.75, 3.05) is 0 Å². The number of aromatic carboxylic acids is 1. The molecule has 0 heterocycles. The Hall–Kier alpha value is -2.44. The lowest BCUT2D eigenvalue weighted by Crippen LogP contribution is -2.04. The van der Waals surface area contributed by atoms with E-state index < -0.39 is 34.8 Å². The number of fused-ring (bicyclic) bond motifs is 1. The Labute approximate surface area is 104 Å². The van der Waals surface area contributed by atoms with E-state index in [1.807, 2.05) is 0 Å². The molecule has 0 amide bonds. The molecule has 19 heavy (non-hydrogen) atoms. The molecule has 0 saturated heterocycles. The molecule has 2 rings (SSSR count). The summed E-state index contributed by atoms with van der Waals surface area (Å²) >= 11 is 0. The topological polar surface area (TPSA) is 77.8 Å². The number of aromatic hydroxyl groups is 2. The van der Waals surface area contributed by atoms with E-state index in [9.17, 15) is 28.2 Å². The zero-order valence-electron chi connectivity index (χ0n) is 9.19. The van der Waals surface area contributed by atoms with E-state index in [2.05, 4.69) is 0 Å². The number of rotatable bonds is 1. The number of carboxylic acids is 1. The van der Waals surface area contributed by atoms with E-state index in [0.717, 1.165) is 18.2 Å². The third-order valence-corrected chi connectivity index (χ3v) is 2.64. The summed E-state index contributed by atoms with van der Waals surface area (Å²) in [6.07, 6.45) is -4.63. The van der Waals surface area contributed by atoms with Gasteiger partial charge in [0.1, 0.15) is 17.1 Å². The largest absolute Gasteiger partial charge is 0.507 e. The Kier molecular flexibility index (Phi) is 2.77. The highest BCUT2D eigenvalue weighted by Crippen LogP contribution is 2.39. The predicted octanol–water partition coefficient (Wildman–Crippen LogP) is 2.97. The van der Waals surface area contributed by atoms with E-state index in [4.69, 9.17) is 5.11 Å². The number of hydrogen-bond acceptors (Lipinski definition) is 3. The Morgan fingerprint density at radius 3 is 2.21 bits per heavy atom. The molecule has 100 valence electrons. The molecule has 0 aliphatic rings. The third-order valence-electron chi connectivity index (χ3n) is 2.64. The SMILES string of the molecule is O=C(O)c1cc(O)c2ccc(C(F)(F)F)cc2c1O. The van der Waals surface area contributed by atoms with Gasteiger partial charge >= 0.3 is 12.1 Å². The minimum atomic E-state index is -4.63. The Balaban J connectivity index is 2.84. The number of alkyl halides is 3. The lowest BCUT2D eigenvalue weighted by Gasteiger charge is -2.11. The van der Waals surface area contributed by atoms with Crippen molar-refractivity contribution in [1.82, 2.24) is 0 Å². The van der Waals surface area contributed by atoms with Crippen LogP contribution in [0.25, 0.3) is 10.8 Å².